The van der Waals surface area contributed by atoms with Crippen LogP contribution in [0.25, 0.3) is 0 Å². The Hall–Kier alpha value is -3.17. The molecule has 2 aromatic carbocycles. The monoisotopic (exact) mass is 489 g/mol. The van der Waals surface area contributed by atoms with Crippen LogP contribution in [0.4, 0.5) is 11.4 Å². The largest absolute Gasteiger partial charge is 0.486 e. The van der Waals surface area contributed by atoms with Gasteiger partial charge in [0, 0.05) is 49.4 Å². The summed E-state index contributed by atoms with van der Waals surface area (Å²) >= 11 is 6.20. The molecule has 0 amide bonds. The fourth-order valence-corrected chi connectivity index (χ4v) is 4.67. The van der Waals surface area contributed by atoms with Crippen LogP contribution in [-0.2, 0) is 9.59 Å². The summed E-state index contributed by atoms with van der Waals surface area (Å²) in [6.45, 7) is 7.59. The standard InChI is InChI=1S/C22H26ClN3O2.C2H2O4/c23-17-4-5-19-18(14-17)16(15-24-19)6-7-25-8-10-26(11-9-25)20-2-1-3-21-22(20)28-13-12-27-21;3-1(4)2(5)6/h1-5,14,16,24H,6-13,15H2;(H,3,4)(H,5,6). The van der Waals surface area contributed by atoms with Crippen molar-refractivity contribution in [3.8, 4) is 11.5 Å². The number of hydrogen-bond donors (Lipinski definition) is 3. The number of carbonyl (C=O) groups is 2. The summed E-state index contributed by atoms with van der Waals surface area (Å²) in [7, 11) is 0. The smallest absolute Gasteiger partial charge is 0.414 e. The highest BCUT2D eigenvalue weighted by Crippen LogP contribution is 2.40. The van der Waals surface area contributed by atoms with Crippen LogP contribution in [0.3, 0.4) is 0 Å². The molecule has 0 aromatic heterocycles. The van der Waals surface area contributed by atoms with Gasteiger partial charge in [0.05, 0.1) is 5.69 Å². The van der Waals surface area contributed by atoms with Crippen LogP contribution in [-0.4, -0.2) is 79.5 Å². The molecule has 1 atom stereocenters. The number of benzene rings is 2. The van der Waals surface area contributed by atoms with Crippen molar-refractivity contribution in [2.75, 3.05) is 62.7 Å². The SMILES string of the molecule is Clc1ccc2c(c1)C(CCN1CCN(c3cccc4c3OCCO4)CC1)CN2.O=C(O)C(=O)O. The first kappa shape index (κ1) is 24.0. The minimum atomic E-state index is -1.82. The molecule has 1 saturated heterocycles. The first-order valence-electron chi connectivity index (χ1n) is 11.3. The molecule has 3 heterocycles. The van der Waals surface area contributed by atoms with Gasteiger partial charge in [-0.15, -0.1) is 0 Å². The quantitative estimate of drug-likeness (QED) is 0.558. The van der Waals surface area contributed by atoms with E-state index in [1.165, 1.54) is 16.9 Å². The number of ether oxygens (including phenoxy) is 2. The summed E-state index contributed by atoms with van der Waals surface area (Å²) in [4.78, 5) is 23.2. The third-order valence-corrected chi connectivity index (χ3v) is 6.46. The van der Waals surface area contributed by atoms with Gasteiger partial charge in [-0.1, -0.05) is 17.7 Å². The molecule has 3 aliphatic heterocycles. The molecule has 1 unspecified atom stereocenters. The second-order valence-electron chi connectivity index (χ2n) is 8.34. The van der Waals surface area contributed by atoms with Crippen LogP contribution >= 0.6 is 11.6 Å². The second-order valence-corrected chi connectivity index (χ2v) is 8.77. The molecule has 34 heavy (non-hydrogen) atoms. The van der Waals surface area contributed by atoms with Crippen molar-refractivity contribution in [2.45, 2.75) is 12.3 Å². The zero-order chi connectivity index (χ0) is 24.1. The maximum atomic E-state index is 9.10. The Morgan fingerprint density at radius 1 is 1.03 bits per heavy atom. The number of nitrogens with zero attached hydrogens (tertiary/aromatic N) is 2. The number of anilines is 2. The van der Waals surface area contributed by atoms with E-state index in [9.17, 15) is 0 Å². The van der Waals surface area contributed by atoms with Gasteiger partial charge < -0.3 is 29.9 Å². The van der Waals surface area contributed by atoms with E-state index >= 15 is 0 Å². The Kier molecular flexibility index (Phi) is 7.64. The molecule has 10 heteroatoms. The number of carboxylic acids is 2. The minimum Gasteiger partial charge on any atom is -0.486 e. The molecule has 182 valence electrons. The van der Waals surface area contributed by atoms with Crippen LogP contribution in [0, 0.1) is 0 Å². The molecule has 0 aliphatic carbocycles. The van der Waals surface area contributed by atoms with Crippen molar-refractivity contribution in [3.05, 3.63) is 47.0 Å². The topological polar surface area (TPSA) is 112 Å². The Balaban J connectivity index is 0.000000408. The number of fused-ring (bicyclic) bond motifs is 2. The highest BCUT2D eigenvalue weighted by atomic mass is 35.5. The van der Waals surface area contributed by atoms with Crippen molar-refractivity contribution in [2.24, 2.45) is 0 Å². The van der Waals surface area contributed by atoms with E-state index in [2.05, 4.69) is 39.4 Å². The second kappa shape index (κ2) is 10.8. The van der Waals surface area contributed by atoms with Gasteiger partial charge in [0.2, 0.25) is 0 Å². The lowest BCUT2D eigenvalue weighted by Crippen LogP contribution is -2.47. The van der Waals surface area contributed by atoms with Crippen molar-refractivity contribution in [3.63, 3.8) is 0 Å². The molecular formula is C24H28ClN3O6. The predicted octanol–water partition coefficient (Wildman–Crippen LogP) is 2.99. The van der Waals surface area contributed by atoms with Gasteiger partial charge in [0.15, 0.2) is 11.5 Å². The Morgan fingerprint density at radius 2 is 1.76 bits per heavy atom. The number of nitrogens with one attached hydrogen (secondary N) is 1. The number of para-hydroxylation sites is 1. The minimum absolute atomic E-state index is 0.554. The number of hydrogen-bond acceptors (Lipinski definition) is 7. The first-order chi connectivity index (χ1) is 16.4. The van der Waals surface area contributed by atoms with Gasteiger partial charge in [-0.05, 0) is 48.9 Å². The Morgan fingerprint density at radius 3 is 2.50 bits per heavy atom. The van der Waals surface area contributed by atoms with E-state index in [1.807, 2.05) is 12.1 Å². The number of rotatable bonds is 4. The fourth-order valence-electron chi connectivity index (χ4n) is 4.49. The molecular weight excluding hydrogens is 462 g/mol. The van der Waals surface area contributed by atoms with E-state index in [0.29, 0.717) is 19.1 Å². The number of halogens is 1. The van der Waals surface area contributed by atoms with Crippen LogP contribution in [0.2, 0.25) is 5.02 Å². The molecule has 0 spiro atoms. The summed E-state index contributed by atoms with van der Waals surface area (Å²) in [6, 6.07) is 12.4. The van der Waals surface area contributed by atoms with Gasteiger partial charge in [0.1, 0.15) is 13.2 Å². The highest BCUT2D eigenvalue weighted by Gasteiger charge is 2.26. The van der Waals surface area contributed by atoms with Gasteiger partial charge in [-0.3, -0.25) is 4.90 Å². The molecule has 3 N–H and O–H groups in total. The fraction of sp³-hybridized carbons (Fsp3) is 0.417. The molecule has 5 rings (SSSR count). The van der Waals surface area contributed by atoms with Crippen LogP contribution in [0.5, 0.6) is 11.5 Å². The molecule has 0 bridgehead atoms. The normalized spacial score (nSPS) is 18.9. The van der Waals surface area contributed by atoms with Crippen LogP contribution in [0.15, 0.2) is 36.4 Å². The van der Waals surface area contributed by atoms with Gasteiger partial charge >= 0.3 is 11.9 Å². The van der Waals surface area contributed by atoms with E-state index in [-0.39, 0.29) is 0 Å². The molecule has 0 radical (unpaired) electrons. The van der Waals surface area contributed by atoms with Crippen LogP contribution in [0.1, 0.15) is 17.9 Å². The van der Waals surface area contributed by atoms with Gasteiger partial charge in [-0.2, -0.15) is 0 Å². The van der Waals surface area contributed by atoms with Gasteiger partial charge in [-0.25, -0.2) is 9.59 Å². The van der Waals surface area contributed by atoms with Crippen molar-refractivity contribution >= 4 is 34.9 Å². The molecule has 2 aromatic rings. The number of piperazine rings is 1. The lowest BCUT2D eigenvalue weighted by atomic mass is 9.97. The zero-order valence-corrected chi connectivity index (χ0v) is 19.5. The average molecular weight is 490 g/mol. The summed E-state index contributed by atoms with van der Waals surface area (Å²) in [5.41, 5.74) is 3.79. The maximum absolute atomic E-state index is 9.10. The van der Waals surface area contributed by atoms with E-state index in [4.69, 9.17) is 40.9 Å². The van der Waals surface area contributed by atoms with Crippen molar-refractivity contribution in [1.82, 2.24) is 4.90 Å². The molecule has 1 fully saturated rings. The zero-order valence-electron chi connectivity index (χ0n) is 18.7. The summed E-state index contributed by atoms with van der Waals surface area (Å²) in [5, 5.41) is 19.1. The summed E-state index contributed by atoms with van der Waals surface area (Å²) in [5.74, 6) is -1.31. The number of aliphatic carboxylic acids is 2. The van der Waals surface area contributed by atoms with Crippen LogP contribution < -0.4 is 19.7 Å². The lowest BCUT2D eigenvalue weighted by Gasteiger charge is -2.37. The molecule has 3 aliphatic rings. The lowest BCUT2D eigenvalue weighted by molar-refractivity contribution is -0.159. The third-order valence-electron chi connectivity index (χ3n) is 6.23. The first-order valence-corrected chi connectivity index (χ1v) is 11.7. The average Bonchev–Trinajstić information content (AvgIpc) is 3.25. The third kappa shape index (κ3) is 5.66. The van der Waals surface area contributed by atoms with E-state index < -0.39 is 11.9 Å². The predicted molar refractivity (Wildman–Crippen MR) is 129 cm³/mol. The van der Waals surface area contributed by atoms with Crippen molar-refractivity contribution in [1.29, 1.82) is 0 Å². The van der Waals surface area contributed by atoms with Gasteiger partial charge in [0.25, 0.3) is 0 Å². The Labute approximate surface area is 202 Å². The summed E-state index contributed by atoms with van der Waals surface area (Å²) < 4.78 is 11.6. The Bertz CT molecular complexity index is 1030. The molecule has 0 saturated carbocycles. The summed E-state index contributed by atoms with van der Waals surface area (Å²) in [6.07, 6.45) is 1.16. The van der Waals surface area contributed by atoms with E-state index in [1.54, 1.807) is 0 Å². The number of carboxylic acid groups (broad SMARTS) is 2. The maximum Gasteiger partial charge on any atom is 0.414 e. The highest BCUT2D eigenvalue weighted by molar-refractivity contribution is 6.30. The molecule has 9 nitrogen and oxygen atoms in total. The van der Waals surface area contributed by atoms with E-state index in [0.717, 1.165) is 62.2 Å². The van der Waals surface area contributed by atoms with Crippen molar-refractivity contribution < 1.29 is 29.3 Å².